The van der Waals surface area contributed by atoms with Gasteiger partial charge < -0.3 is 20.4 Å². The van der Waals surface area contributed by atoms with Gasteiger partial charge in [0.05, 0.1) is 24.4 Å². The van der Waals surface area contributed by atoms with E-state index in [2.05, 4.69) is 16.2 Å². The minimum absolute atomic E-state index is 0.116. The average Bonchev–Trinajstić information content (AvgIpc) is 3.60. The Bertz CT molecular complexity index is 541. The number of hydrogen-bond acceptors (Lipinski definition) is 4. The second-order valence-corrected chi connectivity index (χ2v) is 14.3. The fraction of sp³-hybridized carbons (Fsp3) is 1.00. The topological polar surface area (TPSA) is 80.9 Å². The number of hydrogen-bond donors (Lipinski definition) is 4. The first-order valence-electron chi connectivity index (χ1n) is 14.8. The van der Waals surface area contributed by atoms with Gasteiger partial charge in [0.25, 0.3) is 0 Å². The zero-order valence-corrected chi connectivity index (χ0v) is 22.8. The molecule has 34 heavy (non-hydrogen) atoms. The lowest BCUT2D eigenvalue weighted by Crippen LogP contribution is -2.29. The van der Waals surface area contributed by atoms with Crippen molar-refractivity contribution in [3.8, 4) is 0 Å². The van der Waals surface area contributed by atoms with Gasteiger partial charge in [0.1, 0.15) is 0 Å². The molecule has 0 aromatic carbocycles. The average molecular weight is 497 g/mol. The summed E-state index contributed by atoms with van der Waals surface area (Å²) in [5, 5.41) is 41.1. The molecule has 0 aromatic heterocycles. The molecule has 4 aliphatic carbocycles. The van der Waals surface area contributed by atoms with Gasteiger partial charge in [0.15, 0.2) is 0 Å². The van der Waals surface area contributed by atoms with Crippen LogP contribution < -0.4 is 0 Å². The van der Waals surface area contributed by atoms with Gasteiger partial charge in [-0.1, -0.05) is 6.92 Å². The molecule has 5 heteroatoms. The molecule has 198 valence electrons. The maximum absolute atomic E-state index is 10.2. The van der Waals surface area contributed by atoms with Crippen LogP contribution in [-0.4, -0.2) is 50.0 Å². The minimum Gasteiger partial charge on any atom is -0.393 e. The molecule has 9 atom stereocenters. The van der Waals surface area contributed by atoms with E-state index in [4.69, 9.17) is 0 Å². The molecule has 4 rings (SSSR count). The maximum atomic E-state index is 10.2. The summed E-state index contributed by atoms with van der Waals surface area (Å²) in [5.41, 5.74) is 0. The second kappa shape index (κ2) is 12.2. The SMILES string of the molecule is CCC(P)(CCC(C1CCC(O)C1)C1CCC(O)C1)CCC(C1CCC(O)C1)C1CCC(O)C1. The standard InChI is InChI=1S/C29H53O4P/c1-2-29(34,13-11-27(19-3-7-23(30)15-19)20-4-8-24(31)16-20)14-12-28(21-5-9-25(32)17-21)22-6-10-26(33)18-22/h19-28,30-33H,2-18,34H2,1H3. The third kappa shape index (κ3) is 6.97. The van der Waals surface area contributed by atoms with Crippen molar-refractivity contribution in [3.63, 3.8) is 0 Å². The third-order valence-corrected chi connectivity index (χ3v) is 11.8. The van der Waals surface area contributed by atoms with Crippen LogP contribution in [0.3, 0.4) is 0 Å². The molecule has 0 aliphatic heterocycles. The fourth-order valence-corrected chi connectivity index (χ4v) is 8.95. The first kappa shape index (κ1) is 27.3. The van der Waals surface area contributed by atoms with Crippen LogP contribution in [0.15, 0.2) is 0 Å². The van der Waals surface area contributed by atoms with Crippen LogP contribution in [0.4, 0.5) is 0 Å². The molecule has 4 nitrogen and oxygen atoms in total. The molecule has 4 aliphatic rings. The number of aliphatic hydroxyl groups is 4. The Hall–Kier alpha value is 0.270. The zero-order chi connectivity index (χ0) is 24.3. The van der Waals surface area contributed by atoms with E-state index in [0.29, 0.717) is 35.5 Å². The Kier molecular flexibility index (Phi) is 9.81. The molecule has 0 bridgehead atoms. The molecule has 4 saturated carbocycles. The molecule has 9 unspecified atom stereocenters. The van der Waals surface area contributed by atoms with E-state index < -0.39 is 0 Å². The van der Waals surface area contributed by atoms with Crippen LogP contribution in [0, 0.1) is 35.5 Å². The minimum atomic E-state index is -0.116. The number of aliphatic hydroxyl groups excluding tert-OH is 4. The Morgan fingerprint density at radius 3 is 1.09 bits per heavy atom. The van der Waals surface area contributed by atoms with Crippen LogP contribution >= 0.6 is 9.24 Å². The van der Waals surface area contributed by atoms with Gasteiger partial charge in [-0.2, -0.15) is 0 Å². The van der Waals surface area contributed by atoms with Crippen molar-refractivity contribution in [2.45, 2.75) is 146 Å². The van der Waals surface area contributed by atoms with Gasteiger partial charge >= 0.3 is 0 Å². The van der Waals surface area contributed by atoms with Crippen LogP contribution in [0.2, 0.25) is 0 Å². The molecular formula is C29H53O4P. The van der Waals surface area contributed by atoms with Crippen LogP contribution in [0.5, 0.6) is 0 Å². The van der Waals surface area contributed by atoms with Crippen molar-refractivity contribution in [1.29, 1.82) is 0 Å². The quantitative estimate of drug-likeness (QED) is 0.287. The van der Waals surface area contributed by atoms with Crippen LogP contribution in [-0.2, 0) is 0 Å². The van der Waals surface area contributed by atoms with Gasteiger partial charge in [-0.3, -0.25) is 0 Å². The summed E-state index contributed by atoms with van der Waals surface area (Å²) < 4.78 is 0. The predicted octanol–water partition coefficient (Wildman–Crippen LogP) is 5.45. The van der Waals surface area contributed by atoms with E-state index in [9.17, 15) is 20.4 Å². The molecule has 4 N–H and O–H groups in total. The normalized spacial score (nSPS) is 42.2. The van der Waals surface area contributed by atoms with E-state index >= 15 is 0 Å². The van der Waals surface area contributed by atoms with Crippen molar-refractivity contribution < 1.29 is 20.4 Å². The summed E-state index contributed by atoms with van der Waals surface area (Å²) in [5.74, 6) is 3.81. The monoisotopic (exact) mass is 496 g/mol. The molecule has 4 fully saturated rings. The summed E-state index contributed by atoms with van der Waals surface area (Å²) in [6.07, 6.45) is 17.9. The van der Waals surface area contributed by atoms with E-state index in [1.54, 1.807) is 0 Å². The van der Waals surface area contributed by atoms with Crippen molar-refractivity contribution in [2.24, 2.45) is 35.5 Å². The maximum Gasteiger partial charge on any atom is 0.0543 e. The smallest absolute Gasteiger partial charge is 0.0543 e. The van der Waals surface area contributed by atoms with E-state index in [1.165, 1.54) is 25.7 Å². The predicted molar refractivity (Wildman–Crippen MR) is 142 cm³/mol. The first-order chi connectivity index (χ1) is 16.3. The van der Waals surface area contributed by atoms with Crippen LogP contribution in [0.25, 0.3) is 0 Å². The summed E-state index contributed by atoms with van der Waals surface area (Å²) in [6, 6.07) is 0. The summed E-state index contributed by atoms with van der Waals surface area (Å²) >= 11 is 0. The van der Waals surface area contributed by atoms with Gasteiger partial charge in [0, 0.05) is 0 Å². The first-order valence-corrected chi connectivity index (χ1v) is 15.3. The fourth-order valence-electron chi connectivity index (χ4n) is 8.62. The Labute approximate surface area is 210 Å². The van der Waals surface area contributed by atoms with Crippen molar-refractivity contribution in [1.82, 2.24) is 0 Å². The summed E-state index contributed by atoms with van der Waals surface area (Å²) in [7, 11) is 3.27. The Morgan fingerprint density at radius 1 is 0.588 bits per heavy atom. The summed E-state index contributed by atoms with van der Waals surface area (Å²) in [6.45, 7) is 2.34. The molecule has 0 saturated heterocycles. The molecular weight excluding hydrogens is 443 g/mol. The van der Waals surface area contributed by atoms with Crippen molar-refractivity contribution in [2.75, 3.05) is 0 Å². The molecule has 0 amide bonds. The lowest BCUT2D eigenvalue weighted by Gasteiger charge is -2.37. The van der Waals surface area contributed by atoms with Gasteiger partial charge in [-0.15, -0.1) is 9.24 Å². The highest BCUT2D eigenvalue weighted by Gasteiger charge is 2.41. The Morgan fingerprint density at radius 2 is 0.882 bits per heavy atom. The largest absolute Gasteiger partial charge is 0.393 e. The number of rotatable bonds is 11. The highest BCUT2D eigenvalue weighted by Crippen LogP contribution is 2.49. The Balaban J connectivity index is 1.37. The second-order valence-electron chi connectivity index (χ2n) is 13.0. The van der Waals surface area contributed by atoms with E-state index in [0.717, 1.165) is 83.5 Å². The highest BCUT2D eigenvalue weighted by atomic mass is 31.0. The molecule has 0 heterocycles. The molecule has 0 aromatic rings. The highest BCUT2D eigenvalue weighted by molar-refractivity contribution is 7.18. The van der Waals surface area contributed by atoms with Gasteiger partial charge in [-0.05, 0) is 150 Å². The van der Waals surface area contributed by atoms with Crippen molar-refractivity contribution >= 4 is 9.24 Å². The summed E-state index contributed by atoms with van der Waals surface area (Å²) in [4.78, 5) is 0. The zero-order valence-electron chi connectivity index (χ0n) is 21.7. The van der Waals surface area contributed by atoms with E-state index in [1.807, 2.05) is 0 Å². The van der Waals surface area contributed by atoms with E-state index in [-0.39, 0.29) is 29.6 Å². The lowest BCUT2D eigenvalue weighted by molar-refractivity contribution is 0.132. The van der Waals surface area contributed by atoms with Gasteiger partial charge in [-0.25, -0.2) is 0 Å². The third-order valence-electron chi connectivity index (χ3n) is 10.9. The molecule has 0 spiro atoms. The molecule has 0 radical (unpaired) electrons. The lowest BCUT2D eigenvalue weighted by atomic mass is 9.72. The van der Waals surface area contributed by atoms with Gasteiger partial charge in [0.2, 0.25) is 0 Å². The van der Waals surface area contributed by atoms with Crippen LogP contribution in [0.1, 0.15) is 116 Å². The van der Waals surface area contributed by atoms with Crippen molar-refractivity contribution in [3.05, 3.63) is 0 Å².